The standard InChI is InChI=1S/C21H27N3O2S/c1-15(2)13-24-9-10-25-17(14-24)12-22-11-16-7-8-19(26-16)21-23-18-5-3-4-6-20(18)27-21/h3-8,15,17,22H,9-14H2,1-2H3/p+2/t17-/m0/s1. The Morgan fingerprint density at radius 3 is 3.00 bits per heavy atom. The Balaban J connectivity index is 1.29. The summed E-state index contributed by atoms with van der Waals surface area (Å²) >= 11 is 1.68. The Morgan fingerprint density at radius 1 is 1.26 bits per heavy atom. The highest BCUT2D eigenvalue weighted by Gasteiger charge is 2.25. The SMILES string of the molecule is CC(C)C[NH+]1CCO[C@@H](C[NH2+]Cc2ccc(-c3nc4ccccc4s3)o2)C1. The molecule has 1 aliphatic heterocycles. The number of hydrogen-bond donors (Lipinski definition) is 2. The van der Waals surface area contributed by atoms with Crippen molar-refractivity contribution in [3.05, 3.63) is 42.2 Å². The van der Waals surface area contributed by atoms with Crippen molar-refractivity contribution in [1.29, 1.82) is 0 Å². The molecule has 1 saturated heterocycles. The van der Waals surface area contributed by atoms with E-state index in [2.05, 4.69) is 36.3 Å². The summed E-state index contributed by atoms with van der Waals surface area (Å²) in [6.07, 6.45) is 0.339. The van der Waals surface area contributed by atoms with Crippen molar-refractivity contribution in [2.45, 2.75) is 26.5 Å². The summed E-state index contributed by atoms with van der Waals surface area (Å²) in [7, 11) is 0. The number of hydrogen-bond acceptors (Lipinski definition) is 4. The van der Waals surface area contributed by atoms with Gasteiger partial charge in [0.25, 0.3) is 0 Å². The summed E-state index contributed by atoms with van der Waals surface area (Å²) in [6, 6.07) is 12.3. The molecule has 0 aliphatic carbocycles. The van der Waals surface area contributed by atoms with Crippen molar-refractivity contribution in [3.8, 4) is 10.8 Å². The Kier molecular flexibility index (Phi) is 5.88. The van der Waals surface area contributed by atoms with Gasteiger partial charge >= 0.3 is 0 Å². The number of benzene rings is 1. The summed E-state index contributed by atoms with van der Waals surface area (Å²) in [5, 5.41) is 3.25. The number of nitrogens with one attached hydrogen (secondary N) is 1. The van der Waals surface area contributed by atoms with Gasteiger partial charge in [-0.3, -0.25) is 0 Å². The van der Waals surface area contributed by atoms with E-state index in [1.165, 1.54) is 11.2 Å². The zero-order valence-corrected chi connectivity index (χ0v) is 16.9. The zero-order valence-electron chi connectivity index (χ0n) is 16.1. The molecule has 4 rings (SSSR count). The topological polar surface area (TPSA) is 56.3 Å². The van der Waals surface area contributed by atoms with Gasteiger partial charge in [-0.15, -0.1) is 11.3 Å². The number of furan rings is 1. The fraction of sp³-hybridized carbons (Fsp3) is 0.476. The van der Waals surface area contributed by atoms with Gasteiger partial charge in [-0.1, -0.05) is 26.0 Å². The molecule has 1 aromatic carbocycles. The second-order valence-electron chi connectivity index (χ2n) is 7.78. The number of ether oxygens (including phenoxy) is 1. The smallest absolute Gasteiger partial charge is 0.163 e. The third-order valence-corrected chi connectivity index (χ3v) is 6.01. The average molecular weight is 388 g/mol. The van der Waals surface area contributed by atoms with Gasteiger partial charge in [0.1, 0.15) is 26.2 Å². The van der Waals surface area contributed by atoms with Crippen molar-refractivity contribution in [2.24, 2.45) is 5.92 Å². The molecular formula is C21H29N3O2S+2. The molecule has 5 nitrogen and oxygen atoms in total. The summed E-state index contributed by atoms with van der Waals surface area (Å²) in [4.78, 5) is 6.35. The van der Waals surface area contributed by atoms with Gasteiger partial charge in [0, 0.05) is 5.92 Å². The van der Waals surface area contributed by atoms with Crippen LogP contribution in [0.5, 0.6) is 0 Å². The van der Waals surface area contributed by atoms with Crippen LogP contribution in [0.3, 0.4) is 0 Å². The molecule has 0 spiro atoms. The minimum atomic E-state index is 0.339. The van der Waals surface area contributed by atoms with Crippen LogP contribution in [-0.2, 0) is 11.3 Å². The molecule has 1 aliphatic rings. The molecule has 0 saturated carbocycles. The molecule has 0 bridgehead atoms. The van der Waals surface area contributed by atoms with Crippen molar-refractivity contribution in [3.63, 3.8) is 0 Å². The zero-order chi connectivity index (χ0) is 18.6. The predicted molar refractivity (Wildman–Crippen MR) is 108 cm³/mol. The first-order chi connectivity index (χ1) is 13.2. The molecule has 2 aromatic heterocycles. The number of aromatic nitrogens is 1. The summed E-state index contributed by atoms with van der Waals surface area (Å²) in [5.74, 6) is 2.60. The minimum absolute atomic E-state index is 0.339. The van der Waals surface area contributed by atoms with Crippen molar-refractivity contribution in [1.82, 2.24) is 4.98 Å². The highest BCUT2D eigenvalue weighted by Crippen LogP contribution is 2.30. The monoisotopic (exact) mass is 387 g/mol. The van der Waals surface area contributed by atoms with Crippen LogP contribution in [0.4, 0.5) is 0 Å². The van der Waals surface area contributed by atoms with Crippen LogP contribution < -0.4 is 10.2 Å². The Labute approximate surface area is 164 Å². The Hall–Kier alpha value is -1.73. The maximum Gasteiger partial charge on any atom is 0.163 e. The number of rotatable bonds is 7. The second kappa shape index (κ2) is 8.52. The van der Waals surface area contributed by atoms with Gasteiger partial charge in [-0.05, 0) is 24.3 Å². The van der Waals surface area contributed by atoms with Crippen LogP contribution in [0.1, 0.15) is 19.6 Å². The quantitative estimate of drug-likeness (QED) is 0.647. The first kappa shape index (κ1) is 18.6. The minimum Gasteiger partial charge on any atom is -0.453 e. The molecule has 6 heteroatoms. The second-order valence-corrected chi connectivity index (χ2v) is 8.81. The number of quaternary nitrogens is 2. The molecule has 2 atom stereocenters. The van der Waals surface area contributed by atoms with Gasteiger partial charge in [0.2, 0.25) is 0 Å². The molecule has 144 valence electrons. The third kappa shape index (κ3) is 4.76. The molecule has 1 unspecified atom stereocenters. The van der Waals surface area contributed by atoms with Gasteiger partial charge < -0.3 is 19.4 Å². The lowest BCUT2D eigenvalue weighted by atomic mass is 10.2. The molecule has 0 amide bonds. The van der Waals surface area contributed by atoms with Gasteiger partial charge in [-0.25, -0.2) is 4.98 Å². The lowest BCUT2D eigenvalue weighted by Crippen LogP contribution is -3.16. The number of thiazole rings is 1. The van der Waals surface area contributed by atoms with Gasteiger partial charge in [0.15, 0.2) is 22.6 Å². The number of morpholine rings is 1. The van der Waals surface area contributed by atoms with Gasteiger partial charge in [0.05, 0.1) is 23.4 Å². The first-order valence-electron chi connectivity index (χ1n) is 9.89. The van der Waals surface area contributed by atoms with Crippen LogP contribution in [0.15, 0.2) is 40.8 Å². The normalized spacial score (nSPS) is 20.6. The number of nitrogens with zero attached hydrogens (tertiary/aromatic N) is 1. The number of para-hydroxylation sites is 1. The average Bonchev–Trinajstić information content (AvgIpc) is 3.28. The van der Waals surface area contributed by atoms with Crippen LogP contribution >= 0.6 is 11.3 Å². The maximum atomic E-state index is 6.03. The molecular weight excluding hydrogens is 358 g/mol. The summed E-state index contributed by atoms with van der Waals surface area (Å²) in [6.45, 7) is 10.8. The first-order valence-corrected chi connectivity index (χ1v) is 10.7. The molecule has 3 heterocycles. The molecule has 27 heavy (non-hydrogen) atoms. The third-order valence-electron chi connectivity index (χ3n) is 4.96. The van der Waals surface area contributed by atoms with Gasteiger partial charge in [-0.2, -0.15) is 0 Å². The van der Waals surface area contributed by atoms with E-state index in [-0.39, 0.29) is 0 Å². The highest BCUT2D eigenvalue weighted by atomic mass is 32.1. The van der Waals surface area contributed by atoms with Crippen molar-refractivity contribution < 1.29 is 19.4 Å². The van der Waals surface area contributed by atoms with Crippen LogP contribution in [0.2, 0.25) is 0 Å². The van der Waals surface area contributed by atoms with Crippen molar-refractivity contribution >= 4 is 21.6 Å². The van der Waals surface area contributed by atoms with Crippen LogP contribution in [0.25, 0.3) is 21.0 Å². The van der Waals surface area contributed by atoms with E-state index in [4.69, 9.17) is 9.15 Å². The fourth-order valence-electron chi connectivity index (χ4n) is 3.76. The molecule has 0 radical (unpaired) electrons. The van der Waals surface area contributed by atoms with E-state index in [0.29, 0.717) is 6.10 Å². The summed E-state index contributed by atoms with van der Waals surface area (Å²) < 4.78 is 13.2. The fourth-order valence-corrected chi connectivity index (χ4v) is 4.69. The van der Waals surface area contributed by atoms with E-state index >= 15 is 0 Å². The van der Waals surface area contributed by atoms with E-state index < -0.39 is 0 Å². The van der Waals surface area contributed by atoms with E-state index in [9.17, 15) is 0 Å². The predicted octanol–water partition coefficient (Wildman–Crippen LogP) is 1.56. The Morgan fingerprint density at radius 2 is 2.15 bits per heavy atom. The number of nitrogens with two attached hydrogens (primary N) is 1. The highest BCUT2D eigenvalue weighted by molar-refractivity contribution is 7.21. The Bertz CT molecular complexity index is 840. The largest absolute Gasteiger partial charge is 0.453 e. The summed E-state index contributed by atoms with van der Waals surface area (Å²) in [5.41, 5.74) is 1.03. The van der Waals surface area contributed by atoms with E-state index in [0.717, 1.165) is 60.7 Å². The maximum absolute atomic E-state index is 6.03. The lowest BCUT2D eigenvalue weighted by Gasteiger charge is -2.30. The van der Waals surface area contributed by atoms with Crippen LogP contribution in [0, 0.1) is 5.92 Å². The molecule has 1 fully saturated rings. The van der Waals surface area contributed by atoms with E-state index in [1.807, 2.05) is 24.3 Å². The van der Waals surface area contributed by atoms with E-state index in [1.54, 1.807) is 16.2 Å². The molecule has 3 N–H and O–H groups in total. The lowest BCUT2D eigenvalue weighted by molar-refractivity contribution is -0.917. The van der Waals surface area contributed by atoms with Crippen LogP contribution in [-0.4, -0.2) is 43.9 Å². The molecule has 3 aromatic rings. The van der Waals surface area contributed by atoms with Crippen molar-refractivity contribution in [2.75, 3.05) is 32.8 Å². The number of fused-ring (bicyclic) bond motifs is 1.